The van der Waals surface area contributed by atoms with Crippen molar-refractivity contribution in [3.05, 3.63) is 11.6 Å². The van der Waals surface area contributed by atoms with Crippen molar-refractivity contribution in [2.24, 2.45) is 50.2 Å². The lowest BCUT2D eigenvalue weighted by molar-refractivity contribution is -0.389. The Kier molecular flexibility index (Phi) is 13.8. The van der Waals surface area contributed by atoms with E-state index in [2.05, 4.69) is 54.5 Å². The van der Waals surface area contributed by atoms with Gasteiger partial charge in [0.1, 0.15) is 67.1 Å². The fraction of sp³-hybridized carbons (Fsp3) is 0.917. The number of aliphatic hydroxyl groups is 9. The molecule has 19 heteroatoms. The van der Waals surface area contributed by atoms with Crippen molar-refractivity contribution < 1.29 is 94.2 Å². The summed E-state index contributed by atoms with van der Waals surface area (Å²) in [5.74, 6) is -2.00. The first kappa shape index (κ1) is 51.4. The van der Waals surface area contributed by atoms with Crippen molar-refractivity contribution in [1.82, 2.24) is 0 Å². The molecule has 0 spiro atoms. The van der Waals surface area contributed by atoms with Crippen LogP contribution in [0.1, 0.15) is 113 Å². The van der Waals surface area contributed by atoms with Crippen LogP contribution in [0, 0.1) is 50.2 Å². The van der Waals surface area contributed by atoms with E-state index in [0.29, 0.717) is 19.3 Å². The monoisotopic (exact) mass is 956 g/mol. The topological polar surface area (TPSA) is 312 Å². The molecule has 3 heterocycles. The Morgan fingerprint density at radius 2 is 1.18 bits per heavy atom. The van der Waals surface area contributed by atoms with Crippen LogP contribution in [0.25, 0.3) is 0 Å². The van der Waals surface area contributed by atoms with Crippen LogP contribution >= 0.6 is 0 Å². The summed E-state index contributed by atoms with van der Waals surface area (Å²) in [5.41, 5.74) is -0.484. The van der Waals surface area contributed by atoms with E-state index >= 15 is 0 Å². The lowest BCUT2D eigenvalue weighted by Crippen LogP contribution is -2.68. The minimum atomic E-state index is -2.06. The largest absolute Gasteiger partial charge is 0.481 e. The molecule has 0 unspecified atom stereocenters. The second-order valence-electron chi connectivity index (χ2n) is 23.5. The number of carbonyl (C=O) groups is 2. The Balaban J connectivity index is 1.07. The maximum Gasteiger partial charge on any atom is 0.335 e. The number of fused-ring (bicyclic) bond motifs is 7. The van der Waals surface area contributed by atoms with Gasteiger partial charge in [-0.15, -0.1) is 0 Å². The first-order chi connectivity index (χ1) is 31.2. The van der Waals surface area contributed by atoms with Crippen LogP contribution in [0.3, 0.4) is 0 Å². The van der Waals surface area contributed by atoms with Crippen molar-refractivity contribution in [2.75, 3.05) is 13.2 Å². The molecular formula is C48H76O19. The predicted octanol–water partition coefficient (Wildman–Crippen LogP) is 0.799. The molecule has 11 N–H and O–H groups in total. The van der Waals surface area contributed by atoms with Gasteiger partial charge in [0.05, 0.1) is 24.7 Å². The average Bonchev–Trinajstić information content (AvgIpc) is 3.26. The third-order valence-corrected chi connectivity index (χ3v) is 19.3. The molecule has 0 amide bonds. The zero-order valence-corrected chi connectivity index (χ0v) is 39.7. The molecule has 0 aromatic rings. The Morgan fingerprint density at radius 1 is 0.627 bits per heavy atom. The van der Waals surface area contributed by atoms with Crippen LogP contribution in [0.4, 0.5) is 0 Å². The number of rotatable bonds is 10. The zero-order chi connectivity index (χ0) is 49.1. The molecule has 5 aliphatic carbocycles. The summed E-state index contributed by atoms with van der Waals surface area (Å²) in [6.45, 7) is 14.3. The quantitative estimate of drug-likeness (QED) is 0.107. The zero-order valence-electron chi connectivity index (χ0n) is 39.7. The van der Waals surface area contributed by atoms with Crippen molar-refractivity contribution >= 4 is 11.9 Å². The molecule has 3 aliphatic heterocycles. The number of aliphatic hydroxyl groups excluding tert-OH is 9. The van der Waals surface area contributed by atoms with Crippen LogP contribution in [0.2, 0.25) is 0 Å². The smallest absolute Gasteiger partial charge is 0.335 e. The molecule has 8 aliphatic rings. The number of carboxylic acid groups (broad SMARTS) is 2. The van der Waals surface area contributed by atoms with Gasteiger partial charge in [0.2, 0.25) is 0 Å². The number of carboxylic acids is 2. The molecule has 0 radical (unpaired) electrons. The SMILES string of the molecule is CC1(C)CC[C@]2(C(=O)O)CC[C@]3(C)C(=CC[C@@H]4[C@@]5(C)CC[C@H](O[C@@H]6O[C@H](C(=O)O)[C@@H](O[C@@H]7O[C@H](CO)[C@@H](O)[C@H](O)[C@H]7O)[C@H](O[C@@H]7O[C@H](CO)[C@H](O)[C@H](O)[C@H]7O)[C@H]6O)C(C)(C)[C@@H]5CC[C@]43C)[C@@H]2C1. The van der Waals surface area contributed by atoms with Gasteiger partial charge >= 0.3 is 11.9 Å². The van der Waals surface area contributed by atoms with Crippen LogP contribution < -0.4 is 0 Å². The lowest BCUT2D eigenvalue weighted by Gasteiger charge is -2.71. The standard InChI is InChI=1S/C48H76O19/c1-43(2)14-16-48(42(60)61)17-15-46(6)21(22(48)18-43)8-9-26-45(5)12-11-27(44(3,4)25(45)10-13-47(26,46)7)64-41-34(57)35(65-39-32(55)30(53)28(51)23(19-49)62-39)36(37(67-41)38(58)59)66-40-33(56)31(54)29(52)24(20-50)63-40/h8,22-37,39-41,49-57H,9-20H2,1-7H3,(H,58,59)(H,60,61)/t22-,23+,24+,25-,26+,27-,28-,29+,30-,31-,32+,33+,34+,35+,36-,37-,39-,40-,41+,45-,46+,47+,48-/m0/s1. The van der Waals surface area contributed by atoms with Gasteiger partial charge in [-0.25, -0.2) is 4.79 Å². The van der Waals surface area contributed by atoms with Gasteiger partial charge in [-0.1, -0.05) is 60.1 Å². The van der Waals surface area contributed by atoms with E-state index in [1.165, 1.54) is 5.57 Å². The van der Waals surface area contributed by atoms with Crippen LogP contribution in [0.5, 0.6) is 0 Å². The van der Waals surface area contributed by atoms with Crippen LogP contribution in [0.15, 0.2) is 11.6 Å². The molecule has 67 heavy (non-hydrogen) atoms. The highest BCUT2D eigenvalue weighted by molar-refractivity contribution is 5.76. The summed E-state index contributed by atoms with van der Waals surface area (Å²) in [7, 11) is 0. The number of hydrogen-bond acceptors (Lipinski definition) is 17. The van der Waals surface area contributed by atoms with Gasteiger partial charge in [0.15, 0.2) is 25.0 Å². The third kappa shape index (κ3) is 8.06. The Morgan fingerprint density at radius 3 is 1.73 bits per heavy atom. The molecule has 7 fully saturated rings. The highest BCUT2D eigenvalue weighted by atomic mass is 16.8. The molecule has 8 rings (SSSR count). The molecular weight excluding hydrogens is 881 g/mol. The van der Waals surface area contributed by atoms with E-state index < -0.39 is 134 Å². The van der Waals surface area contributed by atoms with Gasteiger partial charge in [-0.05, 0) is 109 Å². The van der Waals surface area contributed by atoms with E-state index in [9.17, 15) is 65.8 Å². The van der Waals surface area contributed by atoms with E-state index in [4.69, 9.17) is 28.4 Å². The minimum Gasteiger partial charge on any atom is -0.481 e. The summed E-state index contributed by atoms with van der Waals surface area (Å²) in [6, 6.07) is 0. The molecule has 4 saturated carbocycles. The van der Waals surface area contributed by atoms with Crippen molar-refractivity contribution in [3.8, 4) is 0 Å². The van der Waals surface area contributed by atoms with Crippen LogP contribution in [-0.4, -0.2) is 180 Å². The maximum atomic E-state index is 13.2. The number of aliphatic carboxylic acids is 2. The average molecular weight is 957 g/mol. The van der Waals surface area contributed by atoms with Gasteiger partial charge in [-0.3, -0.25) is 4.79 Å². The summed E-state index contributed by atoms with van der Waals surface area (Å²) in [5, 5.41) is 117. The molecule has 382 valence electrons. The molecule has 23 atom stereocenters. The van der Waals surface area contributed by atoms with Gasteiger partial charge < -0.3 is 84.6 Å². The first-order valence-corrected chi connectivity index (χ1v) is 24.3. The summed E-state index contributed by atoms with van der Waals surface area (Å²) in [6.07, 6.45) is -18.3. The normalized spacial score (nSPS) is 52.7. The Hall–Kier alpha value is -1.92. The summed E-state index contributed by atoms with van der Waals surface area (Å²) in [4.78, 5) is 26.3. The van der Waals surface area contributed by atoms with Crippen LogP contribution in [-0.2, 0) is 38.0 Å². The fourth-order valence-electron chi connectivity index (χ4n) is 15.1. The van der Waals surface area contributed by atoms with Gasteiger partial charge in [-0.2, -0.15) is 0 Å². The fourth-order valence-corrected chi connectivity index (χ4v) is 15.1. The Labute approximate surface area is 391 Å². The van der Waals surface area contributed by atoms with E-state index in [0.717, 1.165) is 44.9 Å². The highest BCUT2D eigenvalue weighted by Gasteiger charge is 2.70. The molecule has 3 saturated heterocycles. The molecule has 19 nitrogen and oxygen atoms in total. The molecule has 0 aromatic heterocycles. The number of hydrogen-bond donors (Lipinski definition) is 11. The Bertz CT molecular complexity index is 1870. The maximum absolute atomic E-state index is 13.2. The third-order valence-electron chi connectivity index (χ3n) is 19.3. The van der Waals surface area contributed by atoms with Gasteiger partial charge in [0, 0.05) is 0 Å². The minimum absolute atomic E-state index is 0.0244. The van der Waals surface area contributed by atoms with Gasteiger partial charge in [0.25, 0.3) is 0 Å². The number of allylic oxidation sites excluding steroid dienone is 2. The first-order valence-electron chi connectivity index (χ1n) is 24.3. The van der Waals surface area contributed by atoms with E-state index in [1.807, 2.05) is 0 Å². The van der Waals surface area contributed by atoms with Crippen molar-refractivity contribution in [2.45, 2.75) is 211 Å². The summed E-state index contributed by atoms with van der Waals surface area (Å²) >= 11 is 0. The highest BCUT2D eigenvalue weighted by Crippen LogP contribution is 2.76. The molecule has 0 bridgehead atoms. The van der Waals surface area contributed by atoms with Crippen molar-refractivity contribution in [3.63, 3.8) is 0 Å². The second kappa shape index (κ2) is 18.0. The predicted molar refractivity (Wildman–Crippen MR) is 231 cm³/mol. The molecule has 0 aromatic carbocycles. The summed E-state index contributed by atoms with van der Waals surface area (Å²) < 4.78 is 35.8. The second-order valence-corrected chi connectivity index (χ2v) is 23.5. The number of ether oxygens (including phenoxy) is 6. The van der Waals surface area contributed by atoms with E-state index in [1.54, 1.807) is 0 Å². The lowest BCUT2D eigenvalue weighted by atomic mass is 9.33. The van der Waals surface area contributed by atoms with E-state index in [-0.39, 0.29) is 39.4 Å². The van der Waals surface area contributed by atoms with Crippen molar-refractivity contribution in [1.29, 1.82) is 0 Å².